The molecule has 0 atom stereocenters. The van der Waals surface area contributed by atoms with Gasteiger partial charge in [0.25, 0.3) is 5.91 Å². The van der Waals surface area contributed by atoms with E-state index in [0.717, 1.165) is 11.4 Å². The summed E-state index contributed by atoms with van der Waals surface area (Å²) in [7, 11) is 1.85. The Morgan fingerprint density at radius 1 is 1.38 bits per heavy atom. The normalized spacial score (nSPS) is 11.6. The molecule has 0 radical (unpaired) electrons. The fourth-order valence-electron chi connectivity index (χ4n) is 1.54. The van der Waals surface area contributed by atoms with Crippen molar-refractivity contribution in [2.24, 2.45) is 12.5 Å². The number of carbonyl (C=O) groups is 1. The maximum Gasteiger partial charge on any atom is 0.255 e. The van der Waals surface area contributed by atoms with E-state index in [0.29, 0.717) is 12.1 Å². The van der Waals surface area contributed by atoms with Crippen LogP contribution in [-0.2, 0) is 7.05 Å². The molecule has 0 saturated heterocycles. The quantitative estimate of drug-likeness (QED) is 0.831. The minimum Gasteiger partial charge on any atom is -0.351 e. The molecule has 1 N–H and O–H groups in total. The minimum atomic E-state index is -0.0296. The van der Waals surface area contributed by atoms with Gasteiger partial charge in [-0.25, -0.2) is 0 Å². The van der Waals surface area contributed by atoms with Gasteiger partial charge in [-0.1, -0.05) is 20.8 Å². The second-order valence-corrected chi connectivity index (χ2v) is 5.41. The molecule has 1 amide bonds. The molecule has 0 spiro atoms. The number of rotatable bonds is 2. The molecular weight excluding hydrogens is 202 g/mol. The van der Waals surface area contributed by atoms with Crippen LogP contribution in [0.2, 0.25) is 0 Å². The van der Waals surface area contributed by atoms with Crippen LogP contribution in [0.1, 0.15) is 42.5 Å². The van der Waals surface area contributed by atoms with E-state index >= 15 is 0 Å². The smallest absolute Gasteiger partial charge is 0.255 e. The van der Waals surface area contributed by atoms with E-state index in [1.165, 1.54) is 0 Å². The van der Waals surface area contributed by atoms with Crippen molar-refractivity contribution in [3.8, 4) is 0 Å². The molecule has 1 aromatic rings. The van der Waals surface area contributed by atoms with E-state index in [4.69, 9.17) is 0 Å². The second kappa shape index (κ2) is 4.28. The maximum absolute atomic E-state index is 12.0. The van der Waals surface area contributed by atoms with Crippen molar-refractivity contribution < 1.29 is 4.79 Å². The molecule has 0 aromatic carbocycles. The van der Waals surface area contributed by atoms with Crippen LogP contribution < -0.4 is 5.32 Å². The summed E-state index contributed by atoms with van der Waals surface area (Å²) in [4.78, 5) is 12.0. The van der Waals surface area contributed by atoms with E-state index in [9.17, 15) is 4.79 Å². The zero-order valence-electron chi connectivity index (χ0n) is 11.0. The standard InChI is InChI=1S/C12H21N3O/c1-8-10(9(2)15(6)14-8)11(16)13-7-12(3,4)5/h7H2,1-6H3,(H,13,16). The van der Waals surface area contributed by atoms with Crippen molar-refractivity contribution in [3.05, 3.63) is 17.0 Å². The Morgan fingerprint density at radius 3 is 2.31 bits per heavy atom. The zero-order valence-corrected chi connectivity index (χ0v) is 11.0. The highest BCUT2D eigenvalue weighted by molar-refractivity contribution is 5.96. The molecule has 1 heterocycles. The summed E-state index contributed by atoms with van der Waals surface area (Å²) in [6.45, 7) is 10.7. The lowest BCUT2D eigenvalue weighted by atomic mass is 9.97. The Labute approximate surface area is 97.0 Å². The van der Waals surface area contributed by atoms with Crippen molar-refractivity contribution in [2.45, 2.75) is 34.6 Å². The summed E-state index contributed by atoms with van der Waals surface area (Å²) in [5.74, 6) is -0.0296. The van der Waals surface area contributed by atoms with Gasteiger partial charge in [0.2, 0.25) is 0 Å². The summed E-state index contributed by atoms with van der Waals surface area (Å²) < 4.78 is 1.74. The lowest BCUT2D eigenvalue weighted by Crippen LogP contribution is -2.32. The number of nitrogens with zero attached hydrogens (tertiary/aromatic N) is 2. The number of carbonyl (C=O) groups excluding carboxylic acids is 1. The predicted octanol–water partition coefficient (Wildman–Crippen LogP) is 1.81. The average molecular weight is 223 g/mol. The number of aryl methyl sites for hydroxylation is 2. The molecule has 4 nitrogen and oxygen atoms in total. The van der Waals surface area contributed by atoms with E-state index in [-0.39, 0.29) is 11.3 Å². The van der Waals surface area contributed by atoms with Crippen LogP contribution in [0, 0.1) is 19.3 Å². The number of amides is 1. The lowest BCUT2D eigenvalue weighted by Gasteiger charge is -2.18. The van der Waals surface area contributed by atoms with Crippen molar-refractivity contribution in [3.63, 3.8) is 0 Å². The van der Waals surface area contributed by atoms with Crippen LogP contribution in [0.15, 0.2) is 0 Å². The molecule has 16 heavy (non-hydrogen) atoms. The number of hydrogen-bond donors (Lipinski definition) is 1. The molecule has 0 saturated carbocycles. The third-order valence-electron chi connectivity index (χ3n) is 2.52. The largest absolute Gasteiger partial charge is 0.351 e. The number of aromatic nitrogens is 2. The van der Waals surface area contributed by atoms with E-state index in [2.05, 4.69) is 31.2 Å². The van der Waals surface area contributed by atoms with Crippen LogP contribution in [0.4, 0.5) is 0 Å². The Bertz CT molecular complexity index is 399. The minimum absolute atomic E-state index is 0.0296. The first-order chi connectivity index (χ1) is 7.22. The third-order valence-corrected chi connectivity index (χ3v) is 2.52. The highest BCUT2D eigenvalue weighted by Crippen LogP contribution is 2.14. The van der Waals surface area contributed by atoms with Gasteiger partial charge < -0.3 is 5.32 Å². The molecule has 0 unspecified atom stereocenters. The van der Waals surface area contributed by atoms with Gasteiger partial charge in [0.1, 0.15) is 0 Å². The zero-order chi connectivity index (χ0) is 12.5. The molecule has 1 rings (SSSR count). The van der Waals surface area contributed by atoms with E-state index in [1.54, 1.807) is 4.68 Å². The summed E-state index contributed by atoms with van der Waals surface area (Å²) >= 11 is 0. The molecule has 0 aliphatic carbocycles. The Hall–Kier alpha value is -1.32. The number of nitrogens with one attached hydrogen (secondary N) is 1. The molecule has 1 aromatic heterocycles. The van der Waals surface area contributed by atoms with Gasteiger partial charge in [-0.15, -0.1) is 0 Å². The van der Waals surface area contributed by atoms with Gasteiger partial charge in [0, 0.05) is 19.3 Å². The van der Waals surface area contributed by atoms with Crippen molar-refractivity contribution in [1.82, 2.24) is 15.1 Å². The van der Waals surface area contributed by atoms with Gasteiger partial charge in [0.05, 0.1) is 11.3 Å². The first-order valence-electron chi connectivity index (χ1n) is 5.51. The van der Waals surface area contributed by atoms with Gasteiger partial charge in [-0.3, -0.25) is 9.48 Å². The van der Waals surface area contributed by atoms with Gasteiger partial charge in [-0.2, -0.15) is 5.10 Å². The van der Waals surface area contributed by atoms with Crippen molar-refractivity contribution in [2.75, 3.05) is 6.54 Å². The summed E-state index contributed by atoms with van der Waals surface area (Å²) in [5, 5.41) is 7.17. The number of hydrogen-bond acceptors (Lipinski definition) is 2. The van der Waals surface area contributed by atoms with Gasteiger partial charge in [-0.05, 0) is 19.3 Å². The molecule has 90 valence electrons. The maximum atomic E-state index is 12.0. The van der Waals surface area contributed by atoms with Crippen molar-refractivity contribution >= 4 is 5.91 Å². The lowest BCUT2D eigenvalue weighted by molar-refractivity contribution is 0.0938. The monoisotopic (exact) mass is 223 g/mol. The molecule has 0 fully saturated rings. The fourth-order valence-corrected chi connectivity index (χ4v) is 1.54. The van der Waals surface area contributed by atoms with E-state index < -0.39 is 0 Å². The highest BCUT2D eigenvalue weighted by atomic mass is 16.1. The van der Waals surface area contributed by atoms with Crippen LogP contribution in [0.5, 0.6) is 0 Å². The van der Waals surface area contributed by atoms with Gasteiger partial charge >= 0.3 is 0 Å². The Balaban J connectivity index is 2.81. The molecule has 0 bridgehead atoms. The van der Waals surface area contributed by atoms with Gasteiger partial charge in [0.15, 0.2) is 0 Å². The fraction of sp³-hybridized carbons (Fsp3) is 0.667. The molecular formula is C12H21N3O. The van der Waals surface area contributed by atoms with Crippen LogP contribution in [0.3, 0.4) is 0 Å². The average Bonchev–Trinajstić information content (AvgIpc) is 2.36. The third kappa shape index (κ3) is 2.84. The van der Waals surface area contributed by atoms with E-state index in [1.807, 2.05) is 20.9 Å². The Morgan fingerprint density at radius 2 is 1.94 bits per heavy atom. The van der Waals surface area contributed by atoms with Crippen LogP contribution >= 0.6 is 0 Å². The molecule has 4 heteroatoms. The summed E-state index contributed by atoms with van der Waals surface area (Å²) in [5.41, 5.74) is 2.49. The molecule has 0 aliphatic heterocycles. The highest BCUT2D eigenvalue weighted by Gasteiger charge is 2.19. The predicted molar refractivity (Wildman–Crippen MR) is 64.5 cm³/mol. The molecule has 0 aliphatic rings. The summed E-state index contributed by atoms with van der Waals surface area (Å²) in [6.07, 6.45) is 0. The van der Waals surface area contributed by atoms with Crippen LogP contribution in [0.25, 0.3) is 0 Å². The van der Waals surface area contributed by atoms with Crippen LogP contribution in [-0.4, -0.2) is 22.2 Å². The first-order valence-corrected chi connectivity index (χ1v) is 5.51. The summed E-state index contributed by atoms with van der Waals surface area (Å²) in [6, 6.07) is 0. The van der Waals surface area contributed by atoms with Crippen molar-refractivity contribution in [1.29, 1.82) is 0 Å². The topological polar surface area (TPSA) is 46.9 Å². The Kier molecular flexibility index (Phi) is 3.41. The second-order valence-electron chi connectivity index (χ2n) is 5.41. The first kappa shape index (κ1) is 12.7. The SMILES string of the molecule is Cc1nn(C)c(C)c1C(=O)NCC(C)(C)C.